The first-order valence-corrected chi connectivity index (χ1v) is 10.4. The SMILES string of the molecule is CO[C@@H]1[C@@H](OC(=O)c2ccc(C)[nH]2)[C@@H](O)[C@H](Oc2ccc3c(C(=O)O)cc(=O)oc3c2)O[C@H]1C. The molecule has 1 aromatic carbocycles. The first-order valence-electron chi connectivity index (χ1n) is 10.4. The zero-order chi connectivity index (χ0) is 24.6. The molecule has 0 unspecified atom stereocenters. The molecule has 34 heavy (non-hydrogen) atoms. The summed E-state index contributed by atoms with van der Waals surface area (Å²) in [5.74, 6) is -1.82. The normalized spacial score (nSPS) is 24.6. The molecule has 11 nitrogen and oxygen atoms in total. The van der Waals surface area contributed by atoms with Crippen molar-refractivity contribution in [3.63, 3.8) is 0 Å². The van der Waals surface area contributed by atoms with E-state index in [9.17, 15) is 24.6 Å². The molecular formula is C23H23NO10. The maximum Gasteiger partial charge on any atom is 0.355 e. The fourth-order valence-electron chi connectivity index (χ4n) is 3.88. The van der Waals surface area contributed by atoms with Gasteiger partial charge in [-0.3, -0.25) is 0 Å². The van der Waals surface area contributed by atoms with Crippen molar-refractivity contribution in [2.75, 3.05) is 7.11 Å². The number of rotatable bonds is 6. The topological polar surface area (TPSA) is 158 Å². The minimum atomic E-state index is -1.44. The molecule has 3 heterocycles. The number of carboxylic acid groups (broad SMARTS) is 1. The van der Waals surface area contributed by atoms with Gasteiger partial charge in [0, 0.05) is 30.3 Å². The molecule has 3 N–H and O–H groups in total. The van der Waals surface area contributed by atoms with Crippen molar-refractivity contribution < 1.29 is 43.2 Å². The third kappa shape index (κ3) is 4.53. The van der Waals surface area contributed by atoms with Crippen LogP contribution in [0.4, 0.5) is 0 Å². The van der Waals surface area contributed by atoms with Crippen molar-refractivity contribution in [2.45, 2.75) is 44.6 Å². The van der Waals surface area contributed by atoms with Gasteiger partial charge in [0.25, 0.3) is 0 Å². The third-order valence-corrected chi connectivity index (χ3v) is 5.52. The number of aryl methyl sites for hydroxylation is 1. The van der Waals surface area contributed by atoms with E-state index < -0.39 is 48.3 Å². The quantitative estimate of drug-likeness (QED) is 0.356. The van der Waals surface area contributed by atoms with Crippen LogP contribution in [0.15, 0.2) is 45.6 Å². The summed E-state index contributed by atoms with van der Waals surface area (Å²) in [6.45, 7) is 3.46. The fraction of sp³-hybridized carbons (Fsp3) is 0.348. The van der Waals surface area contributed by atoms with Crippen molar-refractivity contribution in [1.29, 1.82) is 0 Å². The van der Waals surface area contributed by atoms with E-state index in [4.69, 9.17) is 23.4 Å². The van der Waals surface area contributed by atoms with Gasteiger partial charge in [-0.25, -0.2) is 14.4 Å². The predicted octanol–water partition coefficient (Wildman–Crippen LogP) is 1.85. The monoisotopic (exact) mass is 473 g/mol. The van der Waals surface area contributed by atoms with Gasteiger partial charge in [-0.15, -0.1) is 0 Å². The van der Waals surface area contributed by atoms with E-state index in [1.165, 1.54) is 25.3 Å². The van der Waals surface area contributed by atoms with Crippen LogP contribution in [0.5, 0.6) is 5.75 Å². The number of H-pyrrole nitrogens is 1. The molecule has 1 fully saturated rings. The van der Waals surface area contributed by atoms with Gasteiger partial charge in [0.05, 0.1) is 11.7 Å². The summed E-state index contributed by atoms with van der Waals surface area (Å²) in [5, 5.41) is 20.4. The Kier molecular flexibility index (Phi) is 6.42. The number of nitrogens with one attached hydrogen (secondary N) is 1. The maximum absolute atomic E-state index is 12.6. The van der Waals surface area contributed by atoms with Crippen LogP contribution in [0.2, 0.25) is 0 Å². The van der Waals surface area contributed by atoms with E-state index >= 15 is 0 Å². The van der Waals surface area contributed by atoms with Crippen molar-refractivity contribution in [3.8, 4) is 5.75 Å². The van der Waals surface area contributed by atoms with Gasteiger partial charge in [0.1, 0.15) is 23.1 Å². The lowest BCUT2D eigenvalue weighted by Crippen LogP contribution is -2.60. The Balaban J connectivity index is 1.59. The second-order valence-electron chi connectivity index (χ2n) is 7.89. The number of ether oxygens (including phenoxy) is 4. The Morgan fingerprint density at radius 3 is 2.53 bits per heavy atom. The predicted molar refractivity (Wildman–Crippen MR) is 116 cm³/mol. The van der Waals surface area contributed by atoms with E-state index in [0.717, 1.165) is 11.8 Å². The highest BCUT2D eigenvalue weighted by atomic mass is 16.7. The van der Waals surface area contributed by atoms with Gasteiger partial charge < -0.3 is 38.6 Å². The number of benzene rings is 1. The van der Waals surface area contributed by atoms with Crippen LogP contribution in [0.1, 0.15) is 33.5 Å². The fourth-order valence-corrected chi connectivity index (χ4v) is 3.88. The average molecular weight is 473 g/mol. The highest BCUT2D eigenvalue weighted by Gasteiger charge is 2.47. The number of aromatic nitrogens is 1. The number of hydrogen-bond donors (Lipinski definition) is 3. The van der Waals surface area contributed by atoms with Crippen LogP contribution in [0.3, 0.4) is 0 Å². The number of aromatic amines is 1. The van der Waals surface area contributed by atoms with Crippen molar-refractivity contribution in [3.05, 3.63) is 63.8 Å². The molecule has 4 rings (SSSR count). The number of fused-ring (bicyclic) bond motifs is 1. The molecule has 0 aliphatic carbocycles. The molecule has 5 atom stereocenters. The lowest BCUT2D eigenvalue weighted by Gasteiger charge is -2.42. The largest absolute Gasteiger partial charge is 0.478 e. The van der Waals surface area contributed by atoms with Gasteiger partial charge in [-0.2, -0.15) is 0 Å². The lowest BCUT2D eigenvalue weighted by molar-refractivity contribution is -0.272. The number of aliphatic hydroxyl groups is 1. The number of carboxylic acids is 1. The standard InChI is InChI=1S/C23H23NO10/c1-10-4-7-15(24-10)22(29)34-20-18(26)23(31-11(2)19(20)30-3)32-12-5-6-13-14(21(27)28)9-17(25)33-16(13)8-12/h4-9,11,18-20,23-24,26H,1-3H3,(H,27,28)/t11-,18+,19-,20-,23-/m0/s1. The highest BCUT2D eigenvalue weighted by molar-refractivity contribution is 6.01. The Hall–Kier alpha value is -3.67. The number of esters is 1. The number of carbonyl (C=O) groups is 2. The second kappa shape index (κ2) is 9.29. The van der Waals surface area contributed by atoms with Crippen LogP contribution in [0.25, 0.3) is 11.0 Å². The summed E-state index contributed by atoms with van der Waals surface area (Å²) < 4.78 is 27.5. The Labute approximate surface area is 192 Å². The zero-order valence-electron chi connectivity index (χ0n) is 18.5. The van der Waals surface area contributed by atoms with Crippen molar-refractivity contribution in [1.82, 2.24) is 4.98 Å². The molecule has 1 saturated heterocycles. The highest BCUT2D eigenvalue weighted by Crippen LogP contribution is 2.30. The second-order valence-corrected chi connectivity index (χ2v) is 7.89. The van der Waals surface area contributed by atoms with Gasteiger partial charge in [0.15, 0.2) is 12.2 Å². The molecule has 1 aliphatic heterocycles. The van der Waals surface area contributed by atoms with Crippen molar-refractivity contribution in [2.24, 2.45) is 0 Å². The van der Waals surface area contributed by atoms with Crippen LogP contribution in [0, 0.1) is 6.92 Å². The Morgan fingerprint density at radius 1 is 1.12 bits per heavy atom. The lowest BCUT2D eigenvalue weighted by atomic mass is 9.99. The first-order chi connectivity index (χ1) is 16.2. The molecule has 0 spiro atoms. The van der Waals surface area contributed by atoms with Gasteiger partial charge in [-0.1, -0.05) is 0 Å². The number of aliphatic hydroxyl groups excluding tert-OH is 1. The van der Waals surface area contributed by atoms with Crippen LogP contribution >= 0.6 is 0 Å². The van der Waals surface area contributed by atoms with Gasteiger partial charge in [0.2, 0.25) is 6.29 Å². The Morgan fingerprint density at radius 2 is 1.88 bits per heavy atom. The molecular weight excluding hydrogens is 450 g/mol. The Bertz CT molecular complexity index is 1280. The number of methoxy groups -OCH3 is 1. The minimum absolute atomic E-state index is 0.0133. The van der Waals surface area contributed by atoms with Gasteiger partial charge >= 0.3 is 17.6 Å². The van der Waals surface area contributed by atoms with E-state index in [1.807, 2.05) is 0 Å². The third-order valence-electron chi connectivity index (χ3n) is 5.52. The van der Waals surface area contributed by atoms with E-state index in [0.29, 0.717) is 0 Å². The van der Waals surface area contributed by atoms with Crippen LogP contribution in [-0.4, -0.2) is 65.0 Å². The summed E-state index contributed by atoms with van der Waals surface area (Å²) >= 11 is 0. The summed E-state index contributed by atoms with van der Waals surface area (Å²) in [7, 11) is 1.41. The summed E-state index contributed by atoms with van der Waals surface area (Å²) in [6.07, 6.45) is -5.22. The molecule has 0 radical (unpaired) electrons. The molecule has 180 valence electrons. The summed E-state index contributed by atoms with van der Waals surface area (Å²) in [5.41, 5.74) is -0.0733. The average Bonchev–Trinajstić information content (AvgIpc) is 3.22. The minimum Gasteiger partial charge on any atom is -0.478 e. The van der Waals surface area contributed by atoms with Crippen LogP contribution < -0.4 is 10.4 Å². The number of aromatic carboxylic acids is 1. The molecule has 0 saturated carbocycles. The molecule has 3 aromatic rings. The number of carbonyl (C=O) groups excluding carboxylic acids is 1. The van der Waals surface area contributed by atoms with E-state index in [1.54, 1.807) is 26.0 Å². The zero-order valence-corrected chi connectivity index (χ0v) is 18.5. The number of hydrogen-bond acceptors (Lipinski definition) is 9. The molecule has 11 heteroatoms. The van der Waals surface area contributed by atoms with Crippen molar-refractivity contribution >= 4 is 22.9 Å². The van der Waals surface area contributed by atoms with E-state index in [-0.39, 0.29) is 28.0 Å². The summed E-state index contributed by atoms with van der Waals surface area (Å²) in [4.78, 5) is 38.6. The molecule has 1 aliphatic rings. The van der Waals surface area contributed by atoms with Gasteiger partial charge in [-0.05, 0) is 38.1 Å². The van der Waals surface area contributed by atoms with Crippen LogP contribution in [-0.2, 0) is 14.2 Å². The molecule has 2 aromatic heterocycles. The maximum atomic E-state index is 12.6. The smallest absolute Gasteiger partial charge is 0.355 e. The van der Waals surface area contributed by atoms with E-state index in [2.05, 4.69) is 4.98 Å². The summed E-state index contributed by atoms with van der Waals surface area (Å²) in [6, 6.07) is 8.34. The molecule has 0 amide bonds. The first kappa shape index (κ1) is 23.5. The molecule has 0 bridgehead atoms.